The fourth-order valence-corrected chi connectivity index (χ4v) is 4.07. The molecule has 0 aliphatic heterocycles. The third-order valence-corrected chi connectivity index (χ3v) is 5.76. The second-order valence-electron chi connectivity index (χ2n) is 8.23. The number of hydrogen-bond acceptors (Lipinski definition) is 4. The Bertz CT molecular complexity index is 1390. The normalized spacial score (nSPS) is 9.45. The molecule has 0 radical (unpaired) electrons. The van der Waals surface area contributed by atoms with Crippen molar-refractivity contribution in [2.45, 2.75) is 0 Å². The summed E-state index contributed by atoms with van der Waals surface area (Å²) in [6.45, 7) is 0. The van der Waals surface area contributed by atoms with E-state index in [0.717, 1.165) is 22.4 Å². The number of aromatic nitrogens is 3. The Hall–Kier alpha value is -4.91. The van der Waals surface area contributed by atoms with Gasteiger partial charge in [0.25, 0.3) is 0 Å². The fourth-order valence-electron chi connectivity index (χ4n) is 4.07. The van der Waals surface area contributed by atoms with E-state index in [9.17, 15) is 0 Å². The Kier molecular flexibility index (Phi) is 12.0. The molecule has 196 valence electrons. The van der Waals surface area contributed by atoms with Crippen LogP contribution < -0.4 is 4.90 Å². The van der Waals surface area contributed by atoms with Crippen LogP contribution in [0.3, 0.4) is 0 Å². The van der Waals surface area contributed by atoms with Crippen molar-refractivity contribution in [3.05, 3.63) is 158 Å². The molecular formula is C35H28N4Ru. The maximum atomic E-state index is 4.46. The molecule has 0 aliphatic carbocycles. The van der Waals surface area contributed by atoms with E-state index in [1.54, 1.807) is 18.6 Å². The summed E-state index contributed by atoms with van der Waals surface area (Å²) in [4.78, 5) is 15.0. The molecule has 6 rings (SSSR count). The maximum absolute atomic E-state index is 4.46. The summed E-state index contributed by atoms with van der Waals surface area (Å²) in [5.41, 5.74) is 7.57. The Morgan fingerprint density at radius 2 is 0.875 bits per heavy atom. The van der Waals surface area contributed by atoms with Gasteiger partial charge in [0.05, 0.1) is 5.69 Å². The van der Waals surface area contributed by atoms with E-state index >= 15 is 0 Å². The van der Waals surface area contributed by atoms with Crippen LogP contribution in [-0.2, 0) is 19.5 Å². The Morgan fingerprint density at radius 3 is 1.30 bits per heavy atom. The van der Waals surface area contributed by atoms with Gasteiger partial charge in [-0.15, -0.1) is 12.8 Å². The van der Waals surface area contributed by atoms with Crippen LogP contribution in [0.1, 0.15) is 0 Å². The van der Waals surface area contributed by atoms with Gasteiger partial charge in [-0.3, -0.25) is 15.0 Å². The van der Waals surface area contributed by atoms with Gasteiger partial charge < -0.3 is 4.90 Å². The van der Waals surface area contributed by atoms with Crippen molar-refractivity contribution in [1.29, 1.82) is 0 Å². The topological polar surface area (TPSA) is 41.9 Å². The van der Waals surface area contributed by atoms with Gasteiger partial charge in [-0.1, -0.05) is 66.7 Å². The minimum absolute atomic E-state index is 0. The van der Waals surface area contributed by atoms with E-state index in [1.165, 1.54) is 17.1 Å². The zero-order chi connectivity index (χ0) is 27.1. The van der Waals surface area contributed by atoms with Crippen molar-refractivity contribution in [2.75, 3.05) is 4.90 Å². The molecule has 0 aliphatic rings. The minimum Gasteiger partial charge on any atom is -0.311 e. The number of rotatable bonds is 5. The number of para-hydroxylation sites is 3. The van der Waals surface area contributed by atoms with Crippen LogP contribution in [-0.4, -0.2) is 15.0 Å². The Balaban J connectivity index is 0.000000203. The van der Waals surface area contributed by atoms with Crippen molar-refractivity contribution in [3.8, 4) is 35.2 Å². The molecule has 3 aromatic heterocycles. The monoisotopic (exact) mass is 606 g/mol. The van der Waals surface area contributed by atoms with Gasteiger partial charge in [-0.2, -0.15) is 0 Å². The van der Waals surface area contributed by atoms with E-state index in [0.29, 0.717) is 0 Å². The number of nitrogens with zero attached hydrogens (tertiary/aromatic N) is 4. The molecule has 5 heteroatoms. The van der Waals surface area contributed by atoms with Gasteiger partial charge in [0.1, 0.15) is 0 Å². The minimum atomic E-state index is 0. The average molecular weight is 606 g/mol. The van der Waals surface area contributed by atoms with Crippen LogP contribution in [0.25, 0.3) is 22.4 Å². The van der Waals surface area contributed by atoms with Gasteiger partial charge in [-0.05, 0) is 60.7 Å². The number of terminal acetylenes is 1. The van der Waals surface area contributed by atoms with Crippen molar-refractivity contribution >= 4 is 17.1 Å². The first-order chi connectivity index (χ1) is 19.4. The summed E-state index contributed by atoms with van der Waals surface area (Å²) in [6, 6.07) is 43.1. The van der Waals surface area contributed by atoms with Crippen LogP contribution in [0.4, 0.5) is 17.1 Å². The van der Waals surface area contributed by atoms with Gasteiger partial charge in [-0.25, -0.2) is 0 Å². The summed E-state index contributed by atoms with van der Waals surface area (Å²) in [7, 11) is 0. The number of hydrogen-bond donors (Lipinski definition) is 0. The first-order valence-electron chi connectivity index (χ1n) is 12.4. The van der Waals surface area contributed by atoms with Crippen molar-refractivity contribution in [3.63, 3.8) is 0 Å². The van der Waals surface area contributed by atoms with Crippen molar-refractivity contribution < 1.29 is 19.5 Å². The molecule has 40 heavy (non-hydrogen) atoms. The Morgan fingerprint density at radius 1 is 0.450 bits per heavy atom. The first-order valence-corrected chi connectivity index (χ1v) is 12.4. The van der Waals surface area contributed by atoms with Crippen LogP contribution >= 0.6 is 0 Å². The molecule has 0 saturated carbocycles. The second-order valence-corrected chi connectivity index (χ2v) is 8.23. The number of benzene rings is 3. The standard InChI is InChI=1S/C18H15N.C15H11N3.C2H2.Ru/c1-4-10-16(11-5-1)19(17-12-6-2-7-13-17)18-14-8-3-9-15-18;1-4-12(10-16-7-1)14-6-3-9-18-15(14)13-5-2-8-17-11-13;1-2;/h1-15H;1-11H;1-2H;. The molecule has 0 fully saturated rings. The molecule has 3 heterocycles. The van der Waals surface area contributed by atoms with Gasteiger partial charge in [0, 0.05) is 84.2 Å². The maximum Gasteiger partial charge on any atom is 0.0796 e. The van der Waals surface area contributed by atoms with Gasteiger partial charge >= 0.3 is 0 Å². The number of pyridine rings is 3. The second kappa shape index (κ2) is 16.1. The molecule has 0 bridgehead atoms. The summed E-state index contributed by atoms with van der Waals surface area (Å²) >= 11 is 0. The predicted molar refractivity (Wildman–Crippen MR) is 162 cm³/mol. The molecule has 0 amide bonds. The quantitative estimate of drug-likeness (QED) is 0.146. The van der Waals surface area contributed by atoms with Crippen LogP contribution in [0, 0.1) is 12.8 Å². The molecule has 4 nitrogen and oxygen atoms in total. The molecule has 0 saturated heterocycles. The molecule has 0 unspecified atom stereocenters. The van der Waals surface area contributed by atoms with Crippen LogP contribution in [0.2, 0.25) is 0 Å². The summed E-state index contributed by atoms with van der Waals surface area (Å²) in [6.07, 6.45) is 17.0. The third kappa shape index (κ3) is 7.80. The van der Waals surface area contributed by atoms with E-state index in [-0.39, 0.29) is 19.5 Å². The summed E-state index contributed by atoms with van der Waals surface area (Å²) in [5, 5.41) is 0. The number of anilines is 3. The molecule has 0 spiro atoms. The van der Waals surface area contributed by atoms with E-state index in [4.69, 9.17) is 0 Å². The predicted octanol–water partition coefficient (Wildman–Crippen LogP) is 8.61. The molecule has 0 N–H and O–H groups in total. The van der Waals surface area contributed by atoms with Crippen LogP contribution in [0.15, 0.2) is 158 Å². The first kappa shape index (κ1) is 29.6. The largest absolute Gasteiger partial charge is 0.311 e. The summed E-state index contributed by atoms with van der Waals surface area (Å²) in [5.74, 6) is 0. The van der Waals surface area contributed by atoms with Gasteiger partial charge in [0.2, 0.25) is 0 Å². The van der Waals surface area contributed by atoms with Crippen molar-refractivity contribution in [2.24, 2.45) is 0 Å². The molecule has 0 atom stereocenters. The molecule has 3 aromatic carbocycles. The zero-order valence-electron chi connectivity index (χ0n) is 21.8. The smallest absolute Gasteiger partial charge is 0.0796 e. The Labute approximate surface area is 249 Å². The van der Waals surface area contributed by atoms with Gasteiger partial charge in [0.15, 0.2) is 0 Å². The van der Waals surface area contributed by atoms with Crippen LogP contribution in [0.5, 0.6) is 0 Å². The van der Waals surface area contributed by atoms with E-state index in [1.807, 2.05) is 67.0 Å². The zero-order valence-corrected chi connectivity index (χ0v) is 23.5. The SMILES string of the molecule is C#C.[Ru].c1ccc(N(c2ccccc2)c2ccccc2)cc1.c1cncc(-c2cccnc2-c2cccnc2)c1. The molecular weight excluding hydrogens is 577 g/mol. The molecule has 6 aromatic rings. The van der Waals surface area contributed by atoms with Crippen molar-refractivity contribution in [1.82, 2.24) is 15.0 Å². The average Bonchev–Trinajstić information content (AvgIpc) is 3.05. The van der Waals surface area contributed by atoms with E-state index < -0.39 is 0 Å². The van der Waals surface area contributed by atoms with E-state index in [2.05, 4.69) is 105 Å². The fraction of sp³-hybridized carbons (Fsp3) is 0. The summed E-state index contributed by atoms with van der Waals surface area (Å²) < 4.78 is 0. The third-order valence-electron chi connectivity index (χ3n) is 5.76.